The fourth-order valence-electron chi connectivity index (χ4n) is 8.60. The molecule has 0 aromatic heterocycles. The molecule has 0 aliphatic heterocycles. The lowest BCUT2D eigenvalue weighted by molar-refractivity contribution is -0.870. The van der Waals surface area contributed by atoms with Gasteiger partial charge in [-0.2, -0.15) is 0 Å². The molecule has 8 nitrogen and oxygen atoms in total. The average Bonchev–Trinajstić information content (AvgIpc) is 3.39. The standard InChI is InChI=1S/C68H119N2O6P/c1-6-8-10-12-14-16-18-20-22-24-26-28-29-30-31-32-33-34-35-36-37-38-39-40-41-42-44-46-48-50-52-54-56-58-60-62-68(72)69-66(65-76-77(73,74)75-64-63-70(3,4)5)67(71)61-59-57-55-53-51-49-47-45-43-27-25-23-21-19-17-15-13-11-9-7-2/h8,10,14,16,20,22,26,28,30-31,33-34,36-37,39-40,42,44,48,50,66-67,71H,6-7,9,11-13,15,17-19,21,23-25,27,29,32,35,38,41,43,45-47,49,51-65H2,1-5H3,(H-,69,72,73,74)/p+1/b10-8-,16-14-,22-20-,28-26-,31-30-,34-33-,37-36-,40-39-,44-42-,50-48-. The van der Waals surface area contributed by atoms with E-state index in [2.05, 4.69) is 141 Å². The minimum absolute atomic E-state index is 0.0632. The van der Waals surface area contributed by atoms with Crippen molar-refractivity contribution < 1.29 is 32.9 Å². The molecule has 0 fully saturated rings. The molecule has 77 heavy (non-hydrogen) atoms. The first kappa shape index (κ1) is 73.9. The van der Waals surface area contributed by atoms with Crippen molar-refractivity contribution in [2.24, 2.45) is 0 Å². The highest BCUT2D eigenvalue weighted by atomic mass is 31.2. The number of phosphoric acid groups is 1. The van der Waals surface area contributed by atoms with E-state index in [0.717, 1.165) is 116 Å². The Morgan fingerprint density at radius 2 is 0.779 bits per heavy atom. The van der Waals surface area contributed by atoms with Crippen molar-refractivity contribution in [1.29, 1.82) is 0 Å². The number of likely N-dealkylation sites (N-methyl/N-ethyl adjacent to an activating group) is 1. The topological polar surface area (TPSA) is 105 Å². The van der Waals surface area contributed by atoms with E-state index in [1.807, 2.05) is 21.1 Å². The monoisotopic (exact) mass is 1090 g/mol. The van der Waals surface area contributed by atoms with Gasteiger partial charge in [0.25, 0.3) is 0 Å². The summed E-state index contributed by atoms with van der Waals surface area (Å²) < 4.78 is 23.8. The van der Waals surface area contributed by atoms with Crippen LogP contribution < -0.4 is 5.32 Å². The number of nitrogens with one attached hydrogen (secondary N) is 1. The van der Waals surface area contributed by atoms with Crippen molar-refractivity contribution in [3.05, 3.63) is 122 Å². The third kappa shape index (κ3) is 60.4. The Bertz CT molecular complexity index is 1670. The second-order valence-corrected chi connectivity index (χ2v) is 23.5. The molecule has 0 aliphatic carbocycles. The van der Waals surface area contributed by atoms with E-state index < -0.39 is 20.0 Å². The summed E-state index contributed by atoms with van der Waals surface area (Å²) in [6.07, 6.45) is 85.5. The molecule has 3 unspecified atom stereocenters. The highest BCUT2D eigenvalue weighted by Gasteiger charge is 2.28. The molecule has 9 heteroatoms. The van der Waals surface area contributed by atoms with Gasteiger partial charge in [-0.15, -0.1) is 0 Å². The van der Waals surface area contributed by atoms with Crippen molar-refractivity contribution in [3.63, 3.8) is 0 Å². The van der Waals surface area contributed by atoms with Crippen LogP contribution in [-0.2, 0) is 18.4 Å². The van der Waals surface area contributed by atoms with E-state index in [1.54, 1.807) is 0 Å². The zero-order valence-corrected chi connectivity index (χ0v) is 51.3. The molecule has 0 bridgehead atoms. The Morgan fingerprint density at radius 1 is 0.455 bits per heavy atom. The average molecular weight is 1090 g/mol. The summed E-state index contributed by atoms with van der Waals surface area (Å²) in [6, 6.07) is -0.784. The first-order valence-corrected chi connectivity index (χ1v) is 32.9. The van der Waals surface area contributed by atoms with Crippen molar-refractivity contribution >= 4 is 13.7 Å². The van der Waals surface area contributed by atoms with E-state index in [-0.39, 0.29) is 19.1 Å². The summed E-state index contributed by atoms with van der Waals surface area (Å²) in [4.78, 5) is 23.4. The van der Waals surface area contributed by atoms with Crippen molar-refractivity contribution in [1.82, 2.24) is 5.32 Å². The Labute approximate surface area is 475 Å². The summed E-state index contributed by atoms with van der Waals surface area (Å²) in [5.74, 6) is -0.172. The number of hydrogen-bond donors (Lipinski definition) is 3. The van der Waals surface area contributed by atoms with E-state index >= 15 is 0 Å². The number of quaternary nitrogens is 1. The first-order valence-electron chi connectivity index (χ1n) is 31.4. The molecule has 1 amide bonds. The minimum Gasteiger partial charge on any atom is -0.391 e. The molecule has 442 valence electrons. The van der Waals surface area contributed by atoms with Gasteiger partial charge in [0.05, 0.1) is 39.9 Å². The van der Waals surface area contributed by atoms with Crippen molar-refractivity contribution in [2.75, 3.05) is 40.9 Å². The lowest BCUT2D eigenvalue weighted by Crippen LogP contribution is -2.46. The molecule has 0 radical (unpaired) electrons. The van der Waals surface area contributed by atoms with Crippen LogP contribution in [0.4, 0.5) is 0 Å². The highest BCUT2D eigenvalue weighted by molar-refractivity contribution is 7.47. The van der Waals surface area contributed by atoms with Gasteiger partial charge in [0.15, 0.2) is 0 Å². The summed E-state index contributed by atoms with van der Waals surface area (Å²) in [5.41, 5.74) is 0. The van der Waals surface area contributed by atoms with Crippen LogP contribution in [0.25, 0.3) is 0 Å². The molecule has 0 aromatic carbocycles. The lowest BCUT2D eigenvalue weighted by atomic mass is 10.0. The second kappa shape index (κ2) is 57.6. The largest absolute Gasteiger partial charge is 0.472 e. The van der Waals surface area contributed by atoms with Gasteiger partial charge in [-0.3, -0.25) is 13.8 Å². The highest BCUT2D eigenvalue weighted by Crippen LogP contribution is 2.43. The maximum absolute atomic E-state index is 13.0. The van der Waals surface area contributed by atoms with Gasteiger partial charge in [0.1, 0.15) is 13.2 Å². The Kier molecular flexibility index (Phi) is 55.3. The van der Waals surface area contributed by atoms with Crippen LogP contribution in [0.2, 0.25) is 0 Å². The number of aliphatic hydroxyl groups excluding tert-OH is 1. The second-order valence-electron chi connectivity index (χ2n) is 22.1. The van der Waals surface area contributed by atoms with Gasteiger partial charge in [0.2, 0.25) is 5.91 Å². The molecule has 0 heterocycles. The van der Waals surface area contributed by atoms with Gasteiger partial charge in [-0.05, 0) is 89.9 Å². The summed E-state index contributed by atoms with van der Waals surface area (Å²) >= 11 is 0. The van der Waals surface area contributed by atoms with E-state index in [4.69, 9.17) is 9.05 Å². The van der Waals surface area contributed by atoms with Crippen molar-refractivity contribution in [2.45, 2.75) is 264 Å². The molecule has 0 rings (SSSR count). The zero-order chi connectivity index (χ0) is 56.3. The van der Waals surface area contributed by atoms with Crippen molar-refractivity contribution in [3.8, 4) is 0 Å². The molecule has 3 atom stereocenters. The lowest BCUT2D eigenvalue weighted by Gasteiger charge is -2.26. The maximum Gasteiger partial charge on any atom is 0.472 e. The van der Waals surface area contributed by atoms with Crippen LogP contribution in [0.15, 0.2) is 122 Å². The predicted molar refractivity (Wildman–Crippen MR) is 336 cm³/mol. The number of phosphoric ester groups is 1. The number of nitrogens with zero attached hydrogens (tertiary/aromatic N) is 1. The van der Waals surface area contributed by atoms with Gasteiger partial charge in [-0.1, -0.05) is 277 Å². The number of carbonyl (C=O) groups excluding carboxylic acids is 1. The number of aliphatic hydroxyl groups is 1. The number of hydrogen-bond acceptors (Lipinski definition) is 5. The SMILES string of the molecule is CC/C=C\C/C=C\C/C=C\C/C=C\C/C=C\C/C=C\C/C=C\C/C=C\C/C=C\C/C=C\CCCCCCC(=O)NC(COP(=O)(O)OCC[N+](C)(C)C)C(O)CCCCCCCCCCCCCCCCCCCCCC. The Balaban J connectivity index is 4.23. The third-order valence-electron chi connectivity index (χ3n) is 13.5. The van der Waals surface area contributed by atoms with Crippen LogP contribution >= 0.6 is 7.82 Å². The fourth-order valence-corrected chi connectivity index (χ4v) is 9.34. The first-order chi connectivity index (χ1) is 37.5. The smallest absolute Gasteiger partial charge is 0.391 e. The summed E-state index contributed by atoms with van der Waals surface area (Å²) in [7, 11) is 1.58. The Morgan fingerprint density at radius 3 is 1.14 bits per heavy atom. The summed E-state index contributed by atoms with van der Waals surface area (Å²) in [6.45, 7) is 4.76. The molecular weight excluding hydrogens is 972 g/mol. The number of unbranched alkanes of at least 4 members (excludes halogenated alkanes) is 23. The van der Waals surface area contributed by atoms with Crippen LogP contribution in [-0.4, -0.2) is 73.4 Å². The molecular formula is C68H120N2O6P+. The maximum atomic E-state index is 13.0. The van der Waals surface area contributed by atoms with Gasteiger partial charge in [-0.25, -0.2) is 4.57 Å². The predicted octanol–water partition coefficient (Wildman–Crippen LogP) is 19.7. The van der Waals surface area contributed by atoms with Crippen LogP contribution in [0.1, 0.15) is 251 Å². The zero-order valence-electron chi connectivity index (χ0n) is 50.4. The van der Waals surface area contributed by atoms with Gasteiger partial charge < -0.3 is 19.8 Å². The van der Waals surface area contributed by atoms with Gasteiger partial charge in [0, 0.05) is 6.42 Å². The Hall–Kier alpha value is -3.10. The minimum atomic E-state index is -4.34. The van der Waals surface area contributed by atoms with Crippen LogP contribution in [0.5, 0.6) is 0 Å². The molecule has 0 saturated carbocycles. The quantitative estimate of drug-likeness (QED) is 0.0243. The number of rotatable bonds is 56. The van der Waals surface area contributed by atoms with Gasteiger partial charge >= 0.3 is 7.82 Å². The fraction of sp³-hybridized carbons (Fsp3) is 0.691. The third-order valence-corrected chi connectivity index (χ3v) is 14.5. The molecule has 0 spiro atoms. The number of carbonyl (C=O) groups is 1. The number of allylic oxidation sites excluding steroid dienone is 20. The molecule has 0 saturated heterocycles. The van der Waals surface area contributed by atoms with E-state index in [0.29, 0.717) is 23.9 Å². The number of amides is 1. The summed E-state index contributed by atoms with van der Waals surface area (Å²) in [5, 5.41) is 14.1. The molecule has 3 N–H and O–H groups in total. The molecule has 0 aliphatic rings. The normalized spacial score (nSPS) is 14.6. The van der Waals surface area contributed by atoms with E-state index in [9.17, 15) is 19.4 Å². The van der Waals surface area contributed by atoms with Crippen LogP contribution in [0, 0.1) is 0 Å². The molecule has 0 aromatic rings. The van der Waals surface area contributed by atoms with Crippen LogP contribution in [0.3, 0.4) is 0 Å². The van der Waals surface area contributed by atoms with E-state index in [1.165, 1.54) is 109 Å².